The van der Waals surface area contributed by atoms with Crippen molar-refractivity contribution in [1.82, 2.24) is 24.8 Å². The topological polar surface area (TPSA) is 108 Å². The number of carbonyl (C=O) groups is 2. The minimum atomic E-state index is -0.789. The summed E-state index contributed by atoms with van der Waals surface area (Å²) in [5.41, 5.74) is 0.648. The van der Waals surface area contributed by atoms with Gasteiger partial charge in [0.15, 0.2) is 17.0 Å². The van der Waals surface area contributed by atoms with Crippen LogP contribution in [0.3, 0.4) is 0 Å². The van der Waals surface area contributed by atoms with Gasteiger partial charge in [0.25, 0.3) is 0 Å². The molecule has 3 rings (SSSR count). The van der Waals surface area contributed by atoms with Crippen LogP contribution in [0.15, 0.2) is 6.33 Å². The molecule has 1 amide bonds. The number of imidazole rings is 1. The van der Waals surface area contributed by atoms with E-state index < -0.39 is 24.4 Å². The van der Waals surface area contributed by atoms with Crippen molar-refractivity contribution < 1.29 is 19.1 Å². The van der Waals surface area contributed by atoms with Gasteiger partial charge in [-0.3, -0.25) is 14.2 Å². The third-order valence-corrected chi connectivity index (χ3v) is 3.98. The lowest BCUT2D eigenvalue weighted by Gasteiger charge is -2.19. The number of hydrogen-bond donors (Lipinski definition) is 1. The first kappa shape index (κ1) is 16.9. The number of hydrogen-bond acceptors (Lipinski definition) is 7. The fourth-order valence-electron chi connectivity index (χ4n) is 2.58. The molecular weight excluding hydrogens is 361 g/mol. The van der Waals surface area contributed by atoms with Crippen LogP contribution in [0.1, 0.15) is 19.6 Å². The van der Waals surface area contributed by atoms with E-state index in [-0.39, 0.29) is 22.8 Å². The van der Waals surface area contributed by atoms with Gasteiger partial charge in [0.1, 0.15) is 17.7 Å². The number of halogens is 2. The van der Waals surface area contributed by atoms with Crippen LogP contribution in [0.2, 0.25) is 10.4 Å². The number of nitrogens with one attached hydrogen (secondary N) is 1. The number of fused-ring (bicyclic) bond motifs is 1. The Hall–Kier alpha value is -1.97. The predicted molar refractivity (Wildman–Crippen MR) is 83.5 cm³/mol. The van der Waals surface area contributed by atoms with E-state index in [1.807, 2.05) is 0 Å². The van der Waals surface area contributed by atoms with Crippen molar-refractivity contribution in [1.29, 1.82) is 0 Å². The number of amides is 1. The summed E-state index contributed by atoms with van der Waals surface area (Å²) in [4.78, 5) is 35.3. The van der Waals surface area contributed by atoms with E-state index in [9.17, 15) is 9.59 Å². The number of nitrogens with zero attached hydrogens (tertiary/aromatic N) is 4. The van der Waals surface area contributed by atoms with E-state index in [1.165, 1.54) is 24.9 Å². The number of likely N-dealkylation sites (N-methyl/N-ethyl adjacent to an activating group) is 1. The SMILES string of the molecule is CNC(=O)[C@@H]1C[C@@H](OC(C)=O)[C@H](n2cnc3c(Cl)nc(Cl)nc32)O1. The molecule has 0 spiro atoms. The molecule has 0 aromatic carbocycles. The minimum Gasteiger partial charge on any atom is -0.458 e. The fourth-order valence-corrected chi connectivity index (χ4v) is 3.00. The zero-order valence-electron chi connectivity index (χ0n) is 12.7. The van der Waals surface area contributed by atoms with Gasteiger partial charge in [-0.2, -0.15) is 4.98 Å². The van der Waals surface area contributed by atoms with E-state index in [1.54, 1.807) is 0 Å². The van der Waals surface area contributed by atoms with Gasteiger partial charge in [0.05, 0.1) is 6.33 Å². The molecule has 0 unspecified atom stereocenters. The molecule has 1 saturated heterocycles. The molecule has 9 nitrogen and oxygen atoms in total. The Morgan fingerprint density at radius 2 is 2.17 bits per heavy atom. The molecule has 1 N–H and O–H groups in total. The smallest absolute Gasteiger partial charge is 0.303 e. The highest BCUT2D eigenvalue weighted by atomic mass is 35.5. The number of carbonyl (C=O) groups excluding carboxylic acids is 2. The lowest BCUT2D eigenvalue weighted by molar-refractivity contribution is -0.152. The van der Waals surface area contributed by atoms with Gasteiger partial charge in [-0.1, -0.05) is 11.6 Å². The highest BCUT2D eigenvalue weighted by Gasteiger charge is 2.42. The summed E-state index contributed by atoms with van der Waals surface area (Å²) in [5.74, 6) is -0.800. The molecule has 0 aliphatic carbocycles. The molecule has 128 valence electrons. The van der Waals surface area contributed by atoms with Gasteiger partial charge in [-0.15, -0.1) is 0 Å². The molecule has 1 aliphatic rings. The summed E-state index contributed by atoms with van der Waals surface area (Å²) in [5, 5.41) is 2.54. The van der Waals surface area contributed by atoms with Crippen LogP contribution in [0.25, 0.3) is 11.2 Å². The Labute approximate surface area is 146 Å². The minimum absolute atomic E-state index is 0.0564. The monoisotopic (exact) mass is 373 g/mol. The first-order valence-electron chi connectivity index (χ1n) is 7.00. The first-order valence-corrected chi connectivity index (χ1v) is 7.76. The second-order valence-electron chi connectivity index (χ2n) is 5.12. The van der Waals surface area contributed by atoms with Crippen molar-refractivity contribution in [3.05, 3.63) is 16.8 Å². The molecule has 0 radical (unpaired) electrons. The van der Waals surface area contributed by atoms with Crippen LogP contribution >= 0.6 is 23.2 Å². The lowest BCUT2D eigenvalue weighted by atomic mass is 10.2. The fraction of sp³-hybridized carbons (Fsp3) is 0.462. The van der Waals surface area contributed by atoms with Crippen LogP contribution < -0.4 is 5.32 Å². The summed E-state index contributed by atoms with van der Waals surface area (Å²) < 4.78 is 12.5. The molecular formula is C13H13Cl2N5O4. The Balaban J connectivity index is 2.02. The van der Waals surface area contributed by atoms with Crippen molar-refractivity contribution in [2.75, 3.05) is 7.05 Å². The molecule has 1 fully saturated rings. The van der Waals surface area contributed by atoms with Crippen molar-refractivity contribution in [2.45, 2.75) is 31.8 Å². The molecule has 0 bridgehead atoms. The van der Waals surface area contributed by atoms with Gasteiger partial charge in [0.2, 0.25) is 11.2 Å². The second-order valence-corrected chi connectivity index (χ2v) is 5.82. The van der Waals surface area contributed by atoms with E-state index in [0.29, 0.717) is 11.2 Å². The summed E-state index contributed by atoms with van der Waals surface area (Å²) in [6, 6.07) is 0. The number of aromatic nitrogens is 4. The number of esters is 1. The lowest BCUT2D eigenvalue weighted by Crippen LogP contribution is -2.31. The molecule has 11 heteroatoms. The largest absolute Gasteiger partial charge is 0.458 e. The van der Waals surface area contributed by atoms with Crippen LogP contribution in [0, 0.1) is 0 Å². The highest BCUT2D eigenvalue weighted by molar-refractivity contribution is 6.35. The van der Waals surface area contributed by atoms with Gasteiger partial charge in [0, 0.05) is 20.4 Å². The Bertz CT molecular complexity index is 811. The van der Waals surface area contributed by atoms with E-state index >= 15 is 0 Å². The Morgan fingerprint density at radius 1 is 1.42 bits per heavy atom. The number of ether oxygens (including phenoxy) is 2. The average molecular weight is 374 g/mol. The normalized spacial score (nSPS) is 23.4. The second kappa shape index (κ2) is 6.50. The molecule has 0 saturated carbocycles. The third-order valence-electron chi connectivity index (χ3n) is 3.55. The quantitative estimate of drug-likeness (QED) is 0.487. The van der Waals surface area contributed by atoms with Gasteiger partial charge < -0.3 is 14.8 Å². The van der Waals surface area contributed by atoms with Crippen molar-refractivity contribution in [3.8, 4) is 0 Å². The summed E-state index contributed by atoms with van der Waals surface area (Å²) in [6.45, 7) is 1.28. The molecule has 3 atom stereocenters. The summed E-state index contributed by atoms with van der Waals surface area (Å²) in [6.07, 6.45) is -0.613. The van der Waals surface area contributed by atoms with Crippen LogP contribution in [-0.2, 0) is 19.1 Å². The van der Waals surface area contributed by atoms with E-state index in [0.717, 1.165) is 0 Å². The first-order chi connectivity index (χ1) is 11.4. The average Bonchev–Trinajstić information content (AvgIpc) is 3.09. The van der Waals surface area contributed by atoms with E-state index in [4.69, 9.17) is 32.7 Å². The third kappa shape index (κ3) is 3.02. The zero-order chi connectivity index (χ0) is 17.4. The molecule has 2 aromatic heterocycles. The Morgan fingerprint density at radius 3 is 2.83 bits per heavy atom. The van der Waals surface area contributed by atoms with Crippen molar-refractivity contribution in [3.63, 3.8) is 0 Å². The number of rotatable bonds is 3. The van der Waals surface area contributed by atoms with Gasteiger partial charge in [-0.05, 0) is 11.6 Å². The maximum Gasteiger partial charge on any atom is 0.303 e. The zero-order valence-corrected chi connectivity index (χ0v) is 14.2. The molecule has 2 aromatic rings. The molecule has 24 heavy (non-hydrogen) atoms. The maximum absolute atomic E-state index is 11.9. The summed E-state index contributed by atoms with van der Waals surface area (Å²) >= 11 is 11.8. The van der Waals surface area contributed by atoms with Crippen LogP contribution in [0.5, 0.6) is 0 Å². The molecule has 1 aliphatic heterocycles. The van der Waals surface area contributed by atoms with Crippen molar-refractivity contribution >= 4 is 46.2 Å². The Kier molecular flexibility index (Phi) is 4.57. The van der Waals surface area contributed by atoms with Gasteiger partial charge >= 0.3 is 5.97 Å². The van der Waals surface area contributed by atoms with Crippen LogP contribution in [0.4, 0.5) is 0 Å². The molecule has 3 heterocycles. The predicted octanol–water partition coefficient (Wildman–Crippen LogP) is 1.10. The maximum atomic E-state index is 11.9. The standard InChI is InChI=1S/C13H13Cl2N5O4/c1-5(21)23-7-3-6(11(22)16-2)24-12(7)20-4-17-8-9(14)18-13(15)19-10(8)20/h4,6-7,12H,3H2,1-2H3,(H,16,22)/t6-,7+,12+/m0/s1. The van der Waals surface area contributed by atoms with E-state index in [2.05, 4.69) is 20.3 Å². The van der Waals surface area contributed by atoms with Crippen molar-refractivity contribution in [2.24, 2.45) is 0 Å². The summed E-state index contributed by atoms with van der Waals surface area (Å²) in [7, 11) is 1.50. The highest BCUT2D eigenvalue weighted by Crippen LogP contribution is 2.34. The van der Waals surface area contributed by atoms with Crippen LogP contribution in [-0.4, -0.2) is 50.7 Å². The van der Waals surface area contributed by atoms with Gasteiger partial charge in [-0.25, -0.2) is 9.97 Å².